The van der Waals surface area contributed by atoms with Gasteiger partial charge >= 0.3 is 5.97 Å². The van der Waals surface area contributed by atoms with Crippen molar-refractivity contribution in [1.82, 2.24) is 4.98 Å². The third-order valence-electron chi connectivity index (χ3n) is 2.80. The summed E-state index contributed by atoms with van der Waals surface area (Å²) in [4.78, 5) is 24.4. The van der Waals surface area contributed by atoms with Gasteiger partial charge < -0.3 is 9.84 Å². The molecule has 0 fully saturated rings. The van der Waals surface area contributed by atoms with Crippen LogP contribution in [-0.4, -0.2) is 21.0 Å². The van der Waals surface area contributed by atoms with Gasteiger partial charge in [0.1, 0.15) is 11.9 Å². The molecule has 1 N–H and O–H groups in total. The predicted octanol–water partition coefficient (Wildman–Crippen LogP) is 3.19. The van der Waals surface area contributed by atoms with E-state index in [0.717, 1.165) is 23.4 Å². The van der Waals surface area contributed by atoms with Crippen molar-refractivity contribution < 1.29 is 19.6 Å². The number of ether oxygens (including phenoxy) is 1. The van der Waals surface area contributed by atoms with Crippen LogP contribution in [0.25, 0.3) is 6.08 Å². The van der Waals surface area contributed by atoms with Crippen molar-refractivity contribution in [3.8, 4) is 11.6 Å². The SMILES string of the molecule is Cc1cc(Oc2ccc([N+](=O)[O-])cn2)ccc1/C=C/C(=O)O. The van der Waals surface area contributed by atoms with Crippen LogP contribution in [0.1, 0.15) is 11.1 Å². The summed E-state index contributed by atoms with van der Waals surface area (Å²) in [6.45, 7) is 1.82. The second-order valence-electron chi connectivity index (χ2n) is 4.40. The molecule has 0 saturated heterocycles. The highest BCUT2D eigenvalue weighted by Gasteiger charge is 2.07. The number of nitrogens with zero attached hydrogens (tertiary/aromatic N) is 2. The quantitative estimate of drug-likeness (QED) is 0.516. The number of hydrogen-bond donors (Lipinski definition) is 1. The average Bonchev–Trinajstić information content (AvgIpc) is 2.47. The maximum atomic E-state index is 10.5. The lowest BCUT2D eigenvalue weighted by atomic mass is 10.1. The highest BCUT2D eigenvalue weighted by atomic mass is 16.6. The number of pyridine rings is 1. The number of aliphatic carboxylic acids is 1. The first-order chi connectivity index (χ1) is 10.5. The number of aryl methyl sites for hydroxylation is 1. The van der Waals surface area contributed by atoms with Crippen LogP contribution in [0.2, 0.25) is 0 Å². The van der Waals surface area contributed by atoms with Crippen LogP contribution in [0.5, 0.6) is 11.6 Å². The number of nitro groups is 1. The minimum atomic E-state index is -1.02. The summed E-state index contributed by atoms with van der Waals surface area (Å²) in [6, 6.07) is 7.82. The minimum Gasteiger partial charge on any atom is -0.478 e. The maximum absolute atomic E-state index is 10.5. The summed E-state index contributed by atoms with van der Waals surface area (Å²) in [6.07, 6.45) is 3.67. The summed E-state index contributed by atoms with van der Waals surface area (Å²) < 4.78 is 5.50. The van der Waals surface area contributed by atoms with Gasteiger partial charge in [-0.25, -0.2) is 9.78 Å². The Labute approximate surface area is 125 Å². The smallest absolute Gasteiger partial charge is 0.328 e. The van der Waals surface area contributed by atoms with Crippen LogP contribution in [0, 0.1) is 17.0 Å². The van der Waals surface area contributed by atoms with Gasteiger partial charge in [0.2, 0.25) is 5.88 Å². The van der Waals surface area contributed by atoms with E-state index in [1.807, 2.05) is 6.92 Å². The second-order valence-corrected chi connectivity index (χ2v) is 4.40. The fourth-order valence-corrected chi connectivity index (χ4v) is 1.72. The molecular weight excluding hydrogens is 288 g/mol. The molecule has 112 valence electrons. The Morgan fingerprint density at radius 2 is 2.14 bits per heavy atom. The van der Waals surface area contributed by atoms with Crippen LogP contribution < -0.4 is 4.74 Å². The van der Waals surface area contributed by atoms with E-state index in [9.17, 15) is 14.9 Å². The molecule has 0 aliphatic heterocycles. The van der Waals surface area contributed by atoms with Gasteiger partial charge in [-0.2, -0.15) is 0 Å². The topological polar surface area (TPSA) is 103 Å². The number of carboxylic acids is 1. The van der Waals surface area contributed by atoms with Crippen LogP contribution in [0.4, 0.5) is 5.69 Å². The zero-order valence-corrected chi connectivity index (χ0v) is 11.6. The van der Waals surface area contributed by atoms with Gasteiger partial charge in [0.05, 0.1) is 4.92 Å². The molecular formula is C15H12N2O5. The molecule has 1 aromatic carbocycles. The van der Waals surface area contributed by atoms with E-state index >= 15 is 0 Å². The molecule has 1 aromatic heterocycles. The van der Waals surface area contributed by atoms with Gasteiger partial charge in [-0.3, -0.25) is 10.1 Å². The van der Waals surface area contributed by atoms with E-state index in [0.29, 0.717) is 5.75 Å². The minimum absolute atomic E-state index is 0.113. The molecule has 0 bridgehead atoms. The first kappa shape index (κ1) is 15.2. The zero-order valence-electron chi connectivity index (χ0n) is 11.6. The fraction of sp³-hybridized carbons (Fsp3) is 0.0667. The number of hydrogen-bond acceptors (Lipinski definition) is 5. The number of carbonyl (C=O) groups is 1. The van der Waals surface area contributed by atoms with E-state index in [1.54, 1.807) is 18.2 Å². The Hall–Kier alpha value is -3.22. The largest absolute Gasteiger partial charge is 0.478 e. The molecule has 0 spiro atoms. The molecule has 7 nitrogen and oxygen atoms in total. The Balaban J connectivity index is 2.15. The number of benzene rings is 1. The van der Waals surface area contributed by atoms with Gasteiger partial charge in [0.15, 0.2) is 0 Å². The first-order valence-corrected chi connectivity index (χ1v) is 6.25. The van der Waals surface area contributed by atoms with E-state index in [1.165, 1.54) is 18.2 Å². The van der Waals surface area contributed by atoms with E-state index in [-0.39, 0.29) is 11.6 Å². The molecule has 0 aliphatic carbocycles. The van der Waals surface area contributed by atoms with Crippen molar-refractivity contribution >= 4 is 17.7 Å². The normalized spacial score (nSPS) is 10.6. The highest BCUT2D eigenvalue weighted by Crippen LogP contribution is 2.24. The number of aromatic nitrogens is 1. The van der Waals surface area contributed by atoms with E-state index in [2.05, 4.69) is 4.98 Å². The summed E-state index contributed by atoms with van der Waals surface area (Å²) in [5, 5.41) is 19.1. The van der Waals surface area contributed by atoms with Crippen molar-refractivity contribution in [2.45, 2.75) is 6.92 Å². The average molecular weight is 300 g/mol. The summed E-state index contributed by atoms with van der Waals surface area (Å²) in [5.41, 5.74) is 1.47. The van der Waals surface area contributed by atoms with Crippen molar-refractivity contribution in [2.24, 2.45) is 0 Å². The third-order valence-corrected chi connectivity index (χ3v) is 2.80. The predicted molar refractivity (Wildman–Crippen MR) is 78.8 cm³/mol. The van der Waals surface area contributed by atoms with Crippen molar-refractivity contribution in [2.75, 3.05) is 0 Å². The number of carboxylic acid groups (broad SMARTS) is 1. The zero-order chi connectivity index (χ0) is 16.1. The maximum Gasteiger partial charge on any atom is 0.328 e. The number of rotatable bonds is 5. The molecule has 0 saturated carbocycles. The van der Waals surface area contributed by atoms with Crippen LogP contribution in [0.15, 0.2) is 42.6 Å². The van der Waals surface area contributed by atoms with Crippen molar-refractivity contribution in [1.29, 1.82) is 0 Å². The third kappa shape index (κ3) is 3.89. The van der Waals surface area contributed by atoms with Crippen molar-refractivity contribution in [3.05, 3.63) is 63.8 Å². The first-order valence-electron chi connectivity index (χ1n) is 6.25. The fourth-order valence-electron chi connectivity index (χ4n) is 1.72. The van der Waals surface area contributed by atoms with Gasteiger partial charge in [-0.05, 0) is 36.3 Å². The summed E-state index contributed by atoms with van der Waals surface area (Å²) >= 11 is 0. The van der Waals surface area contributed by atoms with Crippen LogP contribution in [-0.2, 0) is 4.79 Å². The Bertz CT molecular complexity index is 738. The van der Waals surface area contributed by atoms with Gasteiger partial charge in [0, 0.05) is 18.2 Å². The monoisotopic (exact) mass is 300 g/mol. The molecule has 0 unspecified atom stereocenters. The molecule has 0 aliphatic rings. The summed E-state index contributed by atoms with van der Waals surface area (Å²) in [5.74, 6) is -0.278. The Morgan fingerprint density at radius 1 is 1.36 bits per heavy atom. The molecule has 2 aromatic rings. The molecule has 7 heteroatoms. The van der Waals surface area contributed by atoms with Gasteiger partial charge in [-0.1, -0.05) is 6.07 Å². The van der Waals surface area contributed by atoms with Crippen molar-refractivity contribution in [3.63, 3.8) is 0 Å². The molecule has 2 rings (SSSR count). The molecule has 0 amide bonds. The van der Waals surface area contributed by atoms with Crippen LogP contribution in [0.3, 0.4) is 0 Å². The van der Waals surface area contributed by atoms with E-state index in [4.69, 9.17) is 9.84 Å². The lowest BCUT2D eigenvalue weighted by Crippen LogP contribution is -1.92. The lowest BCUT2D eigenvalue weighted by molar-refractivity contribution is -0.385. The standard InChI is InChI=1S/C15H12N2O5/c1-10-8-13(5-2-11(10)3-7-15(18)19)22-14-6-4-12(9-16-14)17(20)21/h2-9H,1H3,(H,18,19)/b7-3+. The molecule has 0 radical (unpaired) electrons. The summed E-state index contributed by atoms with van der Waals surface area (Å²) in [7, 11) is 0. The molecule has 1 heterocycles. The van der Waals surface area contributed by atoms with Gasteiger partial charge in [0.25, 0.3) is 5.69 Å². The lowest BCUT2D eigenvalue weighted by Gasteiger charge is -2.07. The highest BCUT2D eigenvalue weighted by molar-refractivity contribution is 5.85. The Kier molecular flexibility index (Phi) is 4.47. The van der Waals surface area contributed by atoms with Crippen LogP contribution >= 0.6 is 0 Å². The van der Waals surface area contributed by atoms with E-state index < -0.39 is 10.9 Å². The second kappa shape index (κ2) is 6.49. The van der Waals surface area contributed by atoms with Gasteiger partial charge in [-0.15, -0.1) is 0 Å². The Morgan fingerprint density at radius 3 is 2.68 bits per heavy atom. The molecule has 22 heavy (non-hydrogen) atoms. The molecule has 0 atom stereocenters.